The van der Waals surface area contributed by atoms with Crippen LogP contribution in [-0.2, 0) is 9.59 Å². The Bertz CT molecular complexity index is 986. The summed E-state index contributed by atoms with van der Waals surface area (Å²) in [6, 6.07) is 17.8. The fourth-order valence-electron chi connectivity index (χ4n) is 2.96. The van der Waals surface area contributed by atoms with Crippen molar-refractivity contribution in [3.8, 4) is 0 Å². The van der Waals surface area contributed by atoms with Gasteiger partial charge in [-0.25, -0.2) is 4.90 Å². The van der Waals surface area contributed by atoms with Crippen molar-refractivity contribution in [3.05, 3.63) is 71.6 Å². The summed E-state index contributed by atoms with van der Waals surface area (Å²) in [5.74, 6) is -1.33. The largest absolute Gasteiger partial charge is 0.298 e. The van der Waals surface area contributed by atoms with Crippen molar-refractivity contribution < 1.29 is 14.4 Å². The molecule has 2 aromatic rings. The van der Waals surface area contributed by atoms with Crippen LogP contribution in [0.3, 0.4) is 0 Å². The standard InChI is InChI=1S/C20H15N3O3S/c1-13-16(18(24)23(21-13)15-10-6-3-7-11-15)12-17-19(25)22(20(26)27-17)14-8-4-2-5-9-14/h2-12,16H,1H3/b17-12-/t16-/m0/s1. The number of rotatable bonds is 3. The van der Waals surface area contributed by atoms with E-state index >= 15 is 0 Å². The highest BCUT2D eigenvalue weighted by atomic mass is 32.2. The SMILES string of the molecule is CC1=NN(c2ccccc2)C(=O)[C@H]1/C=C1\SC(=O)N(c2ccccc2)C1=O. The molecule has 0 N–H and O–H groups in total. The van der Waals surface area contributed by atoms with Gasteiger partial charge in [-0.15, -0.1) is 0 Å². The van der Waals surface area contributed by atoms with Crippen LogP contribution in [0.15, 0.2) is 76.7 Å². The van der Waals surface area contributed by atoms with Gasteiger partial charge in [-0.05, 0) is 49.0 Å². The Morgan fingerprint density at radius 1 is 0.926 bits per heavy atom. The van der Waals surface area contributed by atoms with Gasteiger partial charge in [0.25, 0.3) is 17.1 Å². The summed E-state index contributed by atoms with van der Waals surface area (Å²) >= 11 is 0.837. The average molecular weight is 377 g/mol. The predicted octanol–water partition coefficient (Wildman–Crippen LogP) is 3.81. The van der Waals surface area contributed by atoms with Crippen LogP contribution in [0, 0.1) is 5.92 Å². The van der Waals surface area contributed by atoms with Crippen LogP contribution < -0.4 is 9.91 Å². The normalized spacial score (nSPS) is 21.4. The second kappa shape index (κ2) is 6.85. The maximum absolute atomic E-state index is 12.8. The van der Waals surface area contributed by atoms with Gasteiger partial charge in [0.2, 0.25) is 0 Å². The number of para-hydroxylation sites is 2. The van der Waals surface area contributed by atoms with E-state index in [9.17, 15) is 14.4 Å². The molecule has 1 saturated heterocycles. The number of hydrazone groups is 1. The number of hydrogen-bond acceptors (Lipinski definition) is 5. The second-order valence-corrected chi connectivity index (χ2v) is 7.07. The van der Waals surface area contributed by atoms with E-state index in [1.807, 2.05) is 24.3 Å². The van der Waals surface area contributed by atoms with Crippen LogP contribution in [0.5, 0.6) is 0 Å². The van der Waals surface area contributed by atoms with Crippen LogP contribution in [0.4, 0.5) is 16.2 Å². The van der Waals surface area contributed by atoms with Gasteiger partial charge >= 0.3 is 0 Å². The molecule has 2 aliphatic heterocycles. The first kappa shape index (κ1) is 17.2. The van der Waals surface area contributed by atoms with Gasteiger partial charge < -0.3 is 0 Å². The van der Waals surface area contributed by atoms with Gasteiger partial charge in [0, 0.05) is 0 Å². The van der Waals surface area contributed by atoms with Crippen LogP contribution >= 0.6 is 11.8 Å². The molecule has 0 aromatic heterocycles. The quantitative estimate of drug-likeness (QED) is 0.763. The van der Waals surface area contributed by atoms with Crippen LogP contribution in [0.1, 0.15) is 6.92 Å². The molecule has 0 bridgehead atoms. The Hall–Kier alpha value is -3.19. The third-order valence-electron chi connectivity index (χ3n) is 4.31. The Balaban J connectivity index is 1.61. The monoisotopic (exact) mass is 377 g/mol. The van der Waals surface area contributed by atoms with E-state index in [1.165, 1.54) is 11.1 Å². The van der Waals surface area contributed by atoms with Gasteiger partial charge in [-0.1, -0.05) is 36.4 Å². The predicted molar refractivity (Wildman–Crippen MR) is 106 cm³/mol. The summed E-state index contributed by atoms with van der Waals surface area (Å²) < 4.78 is 0. The van der Waals surface area contributed by atoms with Crippen molar-refractivity contribution in [2.24, 2.45) is 11.0 Å². The lowest BCUT2D eigenvalue weighted by Crippen LogP contribution is -2.28. The molecule has 0 spiro atoms. The maximum Gasteiger partial charge on any atom is 0.298 e. The summed E-state index contributed by atoms with van der Waals surface area (Å²) in [6.45, 7) is 1.74. The zero-order valence-corrected chi connectivity index (χ0v) is 15.2. The molecule has 2 heterocycles. The number of imide groups is 1. The Labute approximate surface area is 160 Å². The molecule has 0 aliphatic carbocycles. The lowest BCUT2D eigenvalue weighted by molar-refractivity contribution is -0.118. The van der Waals surface area contributed by atoms with Crippen molar-refractivity contribution in [3.63, 3.8) is 0 Å². The van der Waals surface area contributed by atoms with E-state index in [1.54, 1.807) is 43.3 Å². The molecule has 134 valence electrons. The van der Waals surface area contributed by atoms with E-state index in [0.717, 1.165) is 16.7 Å². The molecule has 7 heteroatoms. The van der Waals surface area contributed by atoms with Gasteiger partial charge in [0.15, 0.2) is 0 Å². The number of thioether (sulfide) groups is 1. The molecular formula is C20H15N3O3S. The number of carbonyl (C=O) groups excluding carboxylic acids is 3. The van der Waals surface area contributed by atoms with Gasteiger partial charge in [-0.2, -0.15) is 10.1 Å². The topological polar surface area (TPSA) is 70.1 Å². The summed E-state index contributed by atoms with van der Waals surface area (Å²) in [5.41, 5.74) is 1.75. The Morgan fingerprint density at radius 2 is 1.52 bits per heavy atom. The highest BCUT2D eigenvalue weighted by molar-refractivity contribution is 8.18. The molecule has 27 heavy (non-hydrogen) atoms. The minimum Gasteiger partial charge on any atom is -0.271 e. The highest BCUT2D eigenvalue weighted by Gasteiger charge is 2.40. The lowest BCUT2D eigenvalue weighted by Gasteiger charge is -2.13. The number of carbonyl (C=O) groups is 3. The van der Waals surface area contributed by atoms with Crippen molar-refractivity contribution in [1.29, 1.82) is 0 Å². The number of anilines is 2. The van der Waals surface area contributed by atoms with Crippen molar-refractivity contribution in [2.75, 3.05) is 9.91 Å². The molecule has 2 aliphatic rings. The first-order chi connectivity index (χ1) is 13.1. The second-order valence-electron chi connectivity index (χ2n) is 6.08. The molecule has 4 rings (SSSR count). The van der Waals surface area contributed by atoms with E-state index in [-0.39, 0.29) is 16.1 Å². The molecular weight excluding hydrogens is 362 g/mol. The summed E-state index contributed by atoms with van der Waals surface area (Å²) in [7, 11) is 0. The first-order valence-electron chi connectivity index (χ1n) is 8.33. The van der Waals surface area contributed by atoms with E-state index in [2.05, 4.69) is 5.10 Å². The number of hydrogen-bond donors (Lipinski definition) is 0. The minimum absolute atomic E-state index is 0.242. The fourth-order valence-corrected chi connectivity index (χ4v) is 3.81. The number of nitrogens with zero attached hydrogens (tertiary/aromatic N) is 3. The summed E-state index contributed by atoms with van der Waals surface area (Å²) in [6.07, 6.45) is 1.54. The summed E-state index contributed by atoms with van der Waals surface area (Å²) in [4.78, 5) is 39.2. The van der Waals surface area contributed by atoms with Gasteiger partial charge in [0.05, 0.1) is 27.9 Å². The molecule has 1 fully saturated rings. The molecule has 6 nitrogen and oxygen atoms in total. The fraction of sp³-hybridized carbons (Fsp3) is 0.100. The molecule has 0 unspecified atom stereocenters. The maximum atomic E-state index is 12.8. The van der Waals surface area contributed by atoms with Crippen LogP contribution in [0.25, 0.3) is 0 Å². The van der Waals surface area contributed by atoms with Crippen LogP contribution in [0.2, 0.25) is 0 Å². The lowest BCUT2D eigenvalue weighted by atomic mass is 10.0. The van der Waals surface area contributed by atoms with E-state index < -0.39 is 11.8 Å². The number of amides is 3. The van der Waals surface area contributed by atoms with Gasteiger partial charge in [0.1, 0.15) is 0 Å². The van der Waals surface area contributed by atoms with Crippen molar-refractivity contribution >= 4 is 45.9 Å². The zero-order valence-electron chi connectivity index (χ0n) is 14.4. The third kappa shape index (κ3) is 3.06. The molecule has 2 aromatic carbocycles. The first-order valence-corrected chi connectivity index (χ1v) is 9.15. The zero-order chi connectivity index (χ0) is 19.0. The molecule has 1 atom stereocenters. The molecule has 0 radical (unpaired) electrons. The van der Waals surface area contributed by atoms with Crippen molar-refractivity contribution in [1.82, 2.24) is 0 Å². The number of benzene rings is 2. The minimum atomic E-state index is -0.667. The molecule has 3 amide bonds. The van der Waals surface area contributed by atoms with E-state index in [4.69, 9.17) is 0 Å². The smallest absolute Gasteiger partial charge is 0.271 e. The Morgan fingerprint density at radius 3 is 2.15 bits per heavy atom. The third-order valence-corrected chi connectivity index (χ3v) is 5.20. The molecule has 0 saturated carbocycles. The van der Waals surface area contributed by atoms with Gasteiger partial charge in [-0.3, -0.25) is 14.4 Å². The average Bonchev–Trinajstić information content (AvgIpc) is 3.13. The highest BCUT2D eigenvalue weighted by Crippen LogP contribution is 2.36. The van der Waals surface area contributed by atoms with Crippen molar-refractivity contribution in [2.45, 2.75) is 6.92 Å². The van der Waals surface area contributed by atoms with Crippen LogP contribution in [-0.4, -0.2) is 22.8 Å². The Kier molecular flexibility index (Phi) is 4.37. The summed E-state index contributed by atoms with van der Waals surface area (Å²) in [5, 5.41) is 5.28. The van der Waals surface area contributed by atoms with E-state index in [0.29, 0.717) is 17.1 Å².